The van der Waals surface area contributed by atoms with Gasteiger partial charge >= 0.3 is 0 Å². The fraction of sp³-hybridized carbons (Fsp3) is 0.462. The highest BCUT2D eigenvalue weighted by molar-refractivity contribution is 6.00. The van der Waals surface area contributed by atoms with Crippen LogP contribution in [0.3, 0.4) is 0 Å². The number of fused-ring (bicyclic) bond motifs is 1. The van der Waals surface area contributed by atoms with E-state index < -0.39 is 5.41 Å². The van der Waals surface area contributed by atoms with Crippen molar-refractivity contribution in [2.24, 2.45) is 10.8 Å². The van der Waals surface area contributed by atoms with E-state index in [9.17, 15) is 9.59 Å². The van der Waals surface area contributed by atoms with Crippen LogP contribution in [0.1, 0.15) is 45.6 Å². The van der Waals surface area contributed by atoms with Gasteiger partial charge in [-0.2, -0.15) is 0 Å². The third-order valence-electron chi connectivity index (χ3n) is 7.20. The summed E-state index contributed by atoms with van der Waals surface area (Å²) in [4.78, 5) is 24.7. The lowest BCUT2D eigenvalue weighted by molar-refractivity contribution is -0.120. The van der Waals surface area contributed by atoms with Crippen LogP contribution in [0.2, 0.25) is 0 Å². The Hall–Kier alpha value is -3.22. The van der Waals surface area contributed by atoms with Crippen molar-refractivity contribution in [3.05, 3.63) is 59.1 Å². The molecule has 0 radical (unpaired) electrons. The molecule has 33 heavy (non-hydrogen) atoms. The summed E-state index contributed by atoms with van der Waals surface area (Å²) in [5.74, 6) is 1.58. The zero-order chi connectivity index (χ0) is 23.2. The summed E-state index contributed by atoms with van der Waals surface area (Å²) in [6, 6.07) is 6.26. The van der Waals surface area contributed by atoms with Crippen LogP contribution in [0.15, 0.2) is 53.5 Å². The maximum Gasteiger partial charge on any atom is 0.235 e. The van der Waals surface area contributed by atoms with Crippen molar-refractivity contribution in [2.75, 3.05) is 24.0 Å². The number of hydrogen-bond acceptors (Lipinski definition) is 5. The van der Waals surface area contributed by atoms with Crippen LogP contribution < -0.4 is 16.0 Å². The zero-order valence-electron chi connectivity index (χ0n) is 19.4. The molecule has 3 N–H and O–H groups in total. The molecule has 1 saturated carbocycles. The topological polar surface area (TPSA) is 88.7 Å². The van der Waals surface area contributed by atoms with Crippen molar-refractivity contribution >= 4 is 23.2 Å². The molecule has 0 spiro atoms. The van der Waals surface area contributed by atoms with Gasteiger partial charge in [-0.25, -0.2) is 0 Å². The first-order valence-corrected chi connectivity index (χ1v) is 11.6. The molecule has 7 heteroatoms. The van der Waals surface area contributed by atoms with Gasteiger partial charge in [-0.3, -0.25) is 9.59 Å². The summed E-state index contributed by atoms with van der Waals surface area (Å²) >= 11 is 0. The molecule has 0 bridgehead atoms. The van der Waals surface area contributed by atoms with Crippen LogP contribution in [0.4, 0.5) is 11.4 Å². The standard InChI is InChI=1S/C26H31N3O4/c1-16(30)27-14-25(2,3)23-12-17-11-19(7-8-20(17)29-23)28-24(31)26(9-10-26)18-5-4-6-21-22(13-18)33-15-32-21/h4-5,7-8,11,13,23,29H,6,9-10,12,14-15H2,1-3H3,(H,27,30)(H,28,31). The Kier molecular flexibility index (Phi) is 5.22. The average Bonchev–Trinajstić information content (AvgIpc) is 3.36. The van der Waals surface area contributed by atoms with E-state index in [1.54, 1.807) is 6.92 Å². The normalized spacial score (nSPS) is 22.2. The lowest BCUT2D eigenvalue weighted by atomic mass is 9.82. The maximum atomic E-state index is 13.3. The van der Waals surface area contributed by atoms with Gasteiger partial charge in [0.2, 0.25) is 18.6 Å². The van der Waals surface area contributed by atoms with Crippen molar-refractivity contribution in [2.45, 2.75) is 52.5 Å². The van der Waals surface area contributed by atoms with Gasteiger partial charge in [0.05, 0.1) is 5.41 Å². The predicted molar refractivity (Wildman–Crippen MR) is 126 cm³/mol. The van der Waals surface area contributed by atoms with Gasteiger partial charge in [0.15, 0.2) is 5.76 Å². The van der Waals surface area contributed by atoms with Crippen LogP contribution in [0, 0.1) is 10.8 Å². The van der Waals surface area contributed by atoms with E-state index in [-0.39, 0.29) is 30.1 Å². The summed E-state index contributed by atoms with van der Waals surface area (Å²) in [5, 5.41) is 9.68. The highest BCUT2D eigenvalue weighted by Gasteiger charge is 2.52. The second-order valence-corrected chi connectivity index (χ2v) is 10.1. The largest absolute Gasteiger partial charge is 0.458 e. The molecular weight excluding hydrogens is 418 g/mol. The summed E-state index contributed by atoms with van der Waals surface area (Å²) in [6.45, 7) is 6.70. The summed E-state index contributed by atoms with van der Waals surface area (Å²) in [7, 11) is 0. The Morgan fingerprint density at radius 2 is 2.06 bits per heavy atom. The number of amides is 2. The maximum absolute atomic E-state index is 13.3. The number of rotatable bonds is 6. The van der Waals surface area contributed by atoms with Crippen LogP contribution in [0.5, 0.6) is 0 Å². The predicted octanol–water partition coefficient (Wildman–Crippen LogP) is 4.01. The van der Waals surface area contributed by atoms with Gasteiger partial charge in [-0.15, -0.1) is 0 Å². The van der Waals surface area contributed by atoms with Gasteiger partial charge < -0.3 is 25.4 Å². The molecule has 0 saturated heterocycles. The number of ether oxygens (including phenoxy) is 2. The smallest absolute Gasteiger partial charge is 0.235 e. The second kappa shape index (κ2) is 7.97. The Balaban J connectivity index is 1.28. The zero-order valence-corrected chi connectivity index (χ0v) is 19.4. The van der Waals surface area contributed by atoms with Gasteiger partial charge in [0.1, 0.15) is 5.76 Å². The average molecular weight is 450 g/mol. The third kappa shape index (κ3) is 4.12. The Morgan fingerprint density at radius 1 is 1.24 bits per heavy atom. The number of carbonyl (C=O) groups is 2. The van der Waals surface area contributed by atoms with E-state index >= 15 is 0 Å². The quantitative estimate of drug-likeness (QED) is 0.611. The van der Waals surface area contributed by atoms with Gasteiger partial charge in [0.25, 0.3) is 0 Å². The third-order valence-corrected chi connectivity index (χ3v) is 7.20. The summed E-state index contributed by atoms with van der Waals surface area (Å²) in [6.07, 6.45) is 9.22. The molecule has 2 heterocycles. The van der Waals surface area contributed by atoms with E-state index in [1.807, 2.05) is 30.4 Å². The first kappa shape index (κ1) is 21.6. The minimum atomic E-state index is -0.509. The van der Waals surface area contributed by atoms with Crippen molar-refractivity contribution in [3.8, 4) is 0 Å². The Labute approximate surface area is 194 Å². The van der Waals surface area contributed by atoms with Gasteiger partial charge in [0, 0.05) is 42.7 Å². The molecule has 1 aromatic rings. The van der Waals surface area contributed by atoms with E-state index in [4.69, 9.17) is 9.47 Å². The van der Waals surface area contributed by atoms with Crippen LogP contribution >= 0.6 is 0 Å². The molecule has 2 aliphatic heterocycles. The molecule has 2 amide bonds. The van der Waals surface area contributed by atoms with Gasteiger partial charge in [-0.1, -0.05) is 26.0 Å². The Bertz CT molecular complexity index is 1090. The monoisotopic (exact) mass is 449 g/mol. The first-order valence-electron chi connectivity index (χ1n) is 11.6. The van der Waals surface area contributed by atoms with Crippen LogP contribution in [-0.2, 0) is 25.5 Å². The van der Waals surface area contributed by atoms with Crippen molar-refractivity contribution in [3.63, 3.8) is 0 Å². The number of allylic oxidation sites excluding steroid dienone is 3. The van der Waals surface area contributed by atoms with Gasteiger partial charge in [-0.05, 0) is 54.7 Å². The minimum absolute atomic E-state index is 0.0178. The number of nitrogens with one attached hydrogen (secondary N) is 3. The highest BCUT2D eigenvalue weighted by atomic mass is 16.7. The Morgan fingerprint density at radius 3 is 2.82 bits per heavy atom. The molecule has 1 fully saturated rings. The molecule has 0 aromatic heterocycles. The SMILES string of the molecule is CC(=O)NCC(C)(C)C1Cc2cc(NC(=O)C3(C4=CC5=C(CC=C4)OCO5)CC3)ccc2N1. The minimum Gasteiger partial charge on any atom is -0.458 e. The van der Waals surface area contributed by atoms with E-state index in [0.717, 1.165) is 47.7 Å². The van der Waals surface area contributed by atoms with Crippen LogP contribution in [0.25, 0.3) is 0 Å². The van der Waals surface area contributed by atoms with E-state index in [1.165, 1.54) is 5.56 Å². The number of anilines is 2. The molecule has 7 nitrogen and oxygen atoms in total. The summed E-state index contributed by atoms with van der Waals surface area (Å²) < 4.78 is 11.1. The molecule has 1 aromatic carbocycles. The lowest BCUT2D eigenvalue weighted by Gasteiger charge is -2.32. The molecule has 174 valence electrons. The second-order valence-electron chi connectivity index (χ2n) is 10.1. The fourth-order valence-corrected chi connectivity index (χ4v) is 4.79. The van der Waals surface area contributed by atoms with Crippen molar-refractivity contribution in [1.82, 2.24) is 5.32 Å². The van der Waals surface area contributed by atoms with E-state index in [2.05, 4.69) is 35.9 Å². The highest BCUT2D eigenvalue weighted by Crippen LogP contribution is 2.54. The van der Waals surface area contributed by atoms with Crippen LogP contribution in [-0.4, -0.2) is 31.2 Å². The number of benzene rings is 1. The molecule has 5 rings (SSSR count). The molecule has 1 atom stereocenters. The van der Waals surface area contributed by atoms with Crippen molar-refractivity contribution in [1.29, 1.82) is 0 Å². The number of hydrogen-bond donors (Lipinski definition) is 3. The lowest BCUT2D eigenvalue weighted by Crippen LogP contribution is -2.43. The van der Waals surface area contributed by atoms with Crippen molar-refractivity contribution < 1.29 is 19.1 Å². The fourth-order valence-electron chi connectivity index (χ4n) is 4.79. The molecule has 1 unspecified atom stereocenters. The molecule has 2 aliphatic carbocycles. The number of carbonyl (C=O) groups excluding carboxylic acids is 2. The first-order chi connectivity index (χ1) is 15.8. The molecular formula is C26H31N3O4. The van der Waals surface area contributed by atoms with E-state index in [0.29, 0.717) is 13.0 Å². The molecule has 4 aliphatic rings. The summed E-state index contributed by atoms with van der Waals surface area (Å²) in [5.41, 5.74) is 3.44.